The fraction of sp³-hybridized carbons (Fsp3) is 0. The zero-order chi connectivity index (χ0) is 13.8. The molecule has 2 aromatic carbocycles. The maximum atomic E-state index is 13.5. The summed E-state index contributed by atoms with van der Waals surface area (Å²) in [4.78, 5) is 0. The summed E-state index contributed by atoms with van der Waals surface area (Å²) in [5.74, 6) is -0.438. The van der Waals surface area contributed by atoms with Gasteiger partial charge in [-0.15, -0.1) is 0 Å². The first-order valence-corrected chi connectivity index (χ1v) is 6.39. The lowest BCUT2D eigenvalue weighted by atomic mass is 10.2. The highest BCUT2D eigenvalue weighted by molar-refractivity contribution is 6.42. The standard InChI is InChI=1S/C13H8Cl3FN2/c14-10-2-1-3-13(17)9(10)7-18-19-8-4-5-11(15)12(16)6-8/h1-7,19H. The monoisotopic (exact) mass is 316 g/mol. The molecule has 0 saturated carbocycles. The number of hydrogen-bond acceptors (Lipinski definition) is 2. The Balaban J connectivity index is 2.13. The summed E-state index contributed by atoms with van der Waals surface area (Å²) in [6, 6.07) is 9.38. The van der Waals surface area contributed by atoms with Crippen molar-refractivity contribution in [3.05, 3.63) is 62.8 Å². The van der Waals surface area contributed by atoms with Crippen LogP contribution in [0.2, 0.25) is 15.1 Å². The van der Waals surface area contributed by atoms with Crippen LogP contribution in [0.3, 0.4) is 0 Å². The van der Waals surface area contributed by atoms with Crippen LogP contribution in [0.1, 0.15) is 5.56 Å². The van der Waals surface area contributed by atoms with E-state index in [1.807, 2.05) is 0 Å². The van der Waals surface area contributed by atoms with Gasteiger partial charge in [0.15, 0.2) is 0 Å². The predicted octanol–water partition coefficient (Wildman–Crippen LogP) is 5.23. The summed E-state index contributed by atoms with van der Waals surface area (Å²) >= 11 is 17.5. The van der Waals surface area contributed by atoms with Gasteiger partial charge in [0.05, 0.1) is 27.0 Å². The van der Waals surface area contributed by atoms with Crippen LogP contribution >= 0.6 is 34.8 Å². The molecule has 0 amide bonds. The van der Waals surface area contributed by atoms with Crippen molar-refractivity contribution in [1.82, 2.24) is 0 Å². The van der Waals surface area contributed by atoms with E-state index in [0.717, 1.165) is 0 Å². The van der Waals surface area contributed by atoms with Gasteiger partial charge < -0.3 is 0 Å². The fourth-order valence-corrected chi connectivity index (χ4v) is 1.88. The smallest absolute Gasteiger partial charge is 0.133 e. The van der Waals surface area contributed by atoms with Crippen LogP contribution in [-0.4, -0.2) is 6.21 Å². The van der Waals surface area contributed by atoms with E-state index in [4.69, 9.17) is 34.8 Å². The third kappa shape index (κ3) is 3.60. The van der Waals surface area contributed by atoms with Crippen molar-refractivity contribution in [2.45, 2.75) is 0 Å². The number of halogens is 4. The summed E-state index contributed by atoms with van der Waals surface area (Å²) in [6.07, 6.45) is 1.31. The molecule has 0 aromatic heterocycles. The van der Waals surface area contributed by atoms with Gasteiger partial charge in [-0.3, -0.25) is 5.43 Å². The Morgan fingerprint density at radius 2 is 1.79 bits per heavy atom. The molecule has 0 saturated heterocycles. The van der Waals surface area contributed by atoms with Gasteiger partial charge in [0.25, 0.3) is 0 Å². The Kier molecular flexibility index (Phi) is 4.64. The average Bonchev–Trinajstić information content (AvgIpc) is 2.37. The first kappa shape index (κ1) is 14.1. The summed E-state index contributed by atoms with van der Waals surface area (Å²) in [5, 5.41) is 5.05. The number of hydrazone groups is 1. The van der Waals surface area contributed by atoms with Gasteiger partial charge in [-0.05, 0) is 30.3 Å². The largest absolute Gasteiger partial charge is 0.278 e. The molecular formula is C13H8Cl3FN2. The van der Waals surface area contributed by atoms with Crippen molar-refractivity contribution in [2.75, 3.05) is 5.43 Å². The van der Waals surface area contributed by atoms with E-state index in [0.29, 0.717) is 20.8 Å². The van der Waals surface area contributed by atoms with Crippen LogP contribution in [0.15, 0.2) is 41.5 Å². The van der Waals surface area contributed by atoms with Crippen molar-refractivity contribution in [3.8, 4) is 0 Å². The summed E-state index contributed by atoms with van der Waals surface area (Å²) in [7, 11) is 0. The zero-order valence-corrected chi connectivity index (χ0v) is 11.8. The minimum atomic E-state index is -0.438. The number of nitrogens with zero attached hydrogens (tertiary/aromatic N) is 1. The van der Waals surface area contributed by atoms with Crippen LogP contribution in [-0.2, 0) is 0 Å². The lowest BCUT2D eigenvalue weighted by molar-refractivity contribution is 0.626. The molecule has 2 rings (SSSR count). The predicted molar refractivity (Wildman–Crippen MR) is 79.1 cm³/mol. The molecule has 0 aliphatic heterocycles. The first-order chi connectivity index (χ1) is 9.08. The Morgan fingerprint density at radius 1 is 1.00 bits per heavy atom. The highest BCUT2D eigenvalue weighted by atomic mass is 35.5. The second kappa shape index (κ2) is 6.24. The summed E-state index contributed by atoms with van der Waals surface area (Å²) < 4.78 is 13.5. The summed E-state index contributed by atoms with van der Waals surface area (Å²) in [5.41, 5.74) is 3.57. The minimum absolute atomic E-state index is 0.219. The van der Waals surface area contributed by atoms with Crippen LogP contribution in [0, 0.1) is 5.82 Å². The lowest BCUT2D eigenvalue weighted by Crippen LogP contribution is -1.94. The topological polar surface area (TPSA) is 24.4 Å². The summed E-state index contributed by atoms with van der Waals surface area (Å²) in [6.45, 7) is 0. The number of hydrogen-bond donors (Lipinski definition) is 1. The number of nitrogens with one attached hydrogen (secondary N) is 1. The molecule has 0 heterocycles. The molecule has 98 valence electrons. The Labute approximate surface area is 124 Å². The van der Waals surface area contributed by atoms with E-state index in [9.17, 15) is 4.39 Å². The van der Waals surface area contributed by atoms with E-state index < -0.39 is 5.82 Å². The van der Waals surface area contributed by atoms with Gasteiger partial charge in [-0.25, -0.2) is 4.39 Å². The molecule has 6 heteroatoms. The van der Waals surface area contributed by atoms with Gasteiger partial charge in [-0.2, -0.15) is 5.10 Å². The van der Waals surface area contributed by atoms with Crippen molar-refractivity contribution < 1.29 is 4.39 Å². The van der Waals surface area contributed by atoms with E-state index in [-0.39, 0.29) is 5.56 Å². The van der Waals surface area contributed by atoms with Crippen LogP contribution in [0.4, 0.5) is 10.1 Å². The van der Waals surface area contributed by atoms with Gasteiger partial charge in [0.1, 0.15) is 5.82 Å². The minimum Gasteiger partial charge on any atom is -0.278 e. The molecule has 2 nitrogen and oxygen atoms in total. The fourth-order valence-electron chi connectivity index (χ4n) is 1.37. The Morgan fingerprint density at radius 3 is 2.47 bits per heavy atom. The second-order valence-corrected chi connectivity index (χ2v) is 4.86. The molecule has 0 aliphatic rings. The van der Waals surface area contributed by atoms with Crippen LogP contribution in [0.5, 0.6) is 0 Å². The molecule has 19 heavy (non-hydrogen) atoms. The van der Waals surface area contributed by atoms with Crippen molar-refractivity contribution in [2.24, 2.45) is 5.10 Å². The van der Waals surface area contributed by atoms with E-state index in [2.05, 4.69) is 10.5 Å². The Hall–Kier alpha value is -1.29. The van der Waals surface area contributed by atoms with Crippen molar-refractivity contribution >= 4 is 46.7 Å². The molecule has 0 atom stereocenters. The van der Waals surface area contributed by atoms with Crippen molar-refractivity contribution in [3.63, 3.8) is 0 Å². The Bertz CT molecular complexity index is 609. The molecule has 0 aliphatic carbocycles. The quantitative estimate of drug-likeness (QED) is 0.608. The SMILES string of the molecule is Fc1cccc(Cl)c1C=NNc1ccc(Cl)c(Cl)c1. The van der Waals surface area contributed by atoms with E-state index >= 15 is 0 Å². The molecule has 0 radical (unpaired) electrons. The zero-order valence-electron chi connectivity index (χ0n) is 9.50. The third-order valence-corrected chi connectivity index (χ3v) is 3.38. The van der Waals surface area contributed by atoms with Gasteiger partial charge >= 0.3 is 0 Å². The lowest BCUT2D eigenvalue weighted by Gasteiger charge is -2.03. The molecule has 1 N–H and O–H groups in total. The number of anilines is 1. The van der Waals surface area contributed by atoms with E-state index in [1.165, 1.54) is 18.3 Å². The van der Waals surface area contributed by atoms with Crippen molar-refractivity contribution in [1.29, 1.82) is 0 Å². The van der Waals surface area contributed by atoms with Gasteiger partial charge in [0.2, 0.25) is 0 Å². The second-order valence-electron chi connectivity index (χ2n) is 3.63. The van der Waals surface area contributed by atoms with Gasteiger partial charge in [0, 0.05) is 5.56 Å². The van der Waals surface area contributed by atoms with Crippen LogP contribution < -0.4 is 5.43 Å². The number of rotatable bonds is 3. The molecule has 0 fully saturated rings. The average molecular weight is 318 g/mol. The maximum Gasteiger partial charge on any atom is 0.133 e. The first-order valence-electron chi connectivity index (χ1n) is 5.26. The highest BCUT2D eigenvalue weighted by Gasteiger charge is 2.03. The normalized spacial score (nSPS) is 10.9. The number of benzene rings is 2. The van der Waals surface area contributed by atoms with E-state index in [1.54, 1.807) is 24.3 Å². The molecule has 0 spiro atoms. The van der Waals surface area contributed by atoms with Crippen LogP contribution in [0.25, 0.3) is 0 Å². The third-order valence-electron chi connectivity index (χ3n) is 2.31. The molecule has 2 aromatic rings. The molecule has 0 unspecified atom stereocenters. The van der Waals surface area contributed by atoms with Gasteiger partial charge in [-0.1, -0.05) is 40.9 Å². The highest BCUT2D eigenvalue weighted by Crippen LogP contribution is 2.25. The molecular weight excluding hydrogens is 310 g/mol. The molecule has 0 bridgehead atoms. The maximum absolute atomic E-state index is 13.5.